The van der Waals surface area contributed by atoms with Crippen LogP contribution in [-0.4, -0.2) is 15.1 Å². The van der Waals surface area contributed by atoms with Crippen molar-refractivity contribution >= 4 is 28.5 Å². The lowest BCUT2D eigenvalue weighted by Crippen LogP contribution is -1.93. The van der Waals surface area contributed by atoms with E-state index in [1.165, 1.54) is 18.1 Å². The molecule has 0 amide bonds. The summed E-state index contributed by atoms with van der Waals surface area (Å²) < 4.78 is 5.64. The summed E-state index contributed by atoms with van der Waals surface area (Å²) in [5.41, 5.74) is 2.13. The molecule has 0 saturated carbocycles. The summed E-state index contributed by atoms with van der Waals surface area (Å²) in [5, 5.41) is 0.493. The van der Waals surface area contributed by atoms with Crippen molar-refractivity contribution in [1.29, 1.82) is 0 Å². The van der Waals surface area contributed by atoms with Gasteiger partial charge in [-0.3, -0.25) is 4.79 Å². The number of carbonyl (C=O) groups is 1. The molecule has 2 heterocycles. The molecule has 6 heteroatoms. The molecule has 2 aromatic rings. The number of aryl methyl sites for hydroxylation is 1. The Balaban J connectivity index is 1.93. The molecule has 96 valence electrons. The highest BCUT2D eigenvalue weighted by atomic mass is 35.5. The maximum atomic E-state index is 11.5. The molecule has 0 bridgehead atoms. The highest BCUT2D eigenvalue weighted by Gasteiger charge is 2.22. The van der Waals surface area contributed by atoms with Crippen LogP contribution in [0.4, 0.5) is 0 Å². The molecule has 0 saturated heterocycles. The van der Waals surface area contributed by atoms with Gasteiger partial charge in [0.15, 0.2) is 5.12 Å². The first-order valence-electron chi connectivity index (χ1n) is 5.61. The molecule has 0 spiro atoms. The number of hydrogen-bond donors (Lipinski definition) is 0. The average Bonchev–Trinajstić information content (AvgIpc) is 2.70. The number of nitrogens with zero attached hydrogens (tertiary/aromatic N) is 2. The fraction of sp³-hybridized carbons (Fsp3) is 0.154. The van der Waals surface area contributed by atoms with Gasteiger partial charge in [0.25, 0.3) is 0 Å². The zero-order valence-electron chi connectivity index (χ0n) is 10.0. The third-order valence-electron chi connectivity index (χ3n) is 2.78. The van der Waals surface area contributed by atoms with Gasteiger partial charge in [-0.2, -0.15) is 0 Å². The van der Waals surface area contributed by atoms with Gasteiger partial charge < -0.3 is 4.74 Å². The minimum absolute atomic E-state index is 0.167. The minimum atomic E-state index is 0.167. The summed E-state index contributed by atoms with van der Waals surface area (Å²) in [6.45, 7) is 1.97. The zero-order chi connectivity index (χ0) is 13.4. The average molecular weight is 293 g/mol. The van der Waals surface area contributed by atoms with Crippen molar-refractivity contribution in [2.45, 2.75) is 18.2 Å². The van der Waals surface area contributed by atoms with Crippen LogP contribution in [0.1, 0.15) is 11.1 Å². The Hall–Kier alpha value is -1.59. The van der Waals surface area contributed by atoms with Crippen molar-refractivity contribution in [2.24, 2.45) is 0 Å². The molecule has 3 rings (SSSR count). The molecule has 19 heavy (non-hydrogen) atoms. The van der Waals surface area contributed by atoms with Gasteiger partial charge in [0, 0.05) is 17.4 Å². The van der Waals surface area contributed by atoms with Gasteiger partial charge in [-0.05, 0) is 30.2 Å². The van der Waals surface area contributed by atoms with Gasteiger partial charge in [0.2, 0.25) is 5.88 Å². The summed E-state index contributed by atoms with van der Waals surface area (Å²) in [6.07, 6.45) is 1.83. The third-order valence-corrected chi connectivity index (χ3v) is 3.94. The van der Waals surface area contributed by atoms with E-state index in [2.05, 4.69) is 9.97 Å². The molecular weight excluding hydrogens is 284 g/mol. The van der Waals surface area contributed by atoms with Gasteiger partial charge in [0.05, 0.1) is 0 Å². The van der Waals surface area contributed by atoms with Gasteiger partial charge >= 0.3 is 0 Å². The van der Waals surface area contributed by atoms with Gasteiger partial charge in [-0.1, -0.05) is 23.4 Å². The number of hydrogen-bond acceptors (Lipinski definition) is 5. The SMILES string of the molecule is Cc1cc(Oc2cc(Cl)ncn2)cc2c1CC(=O)S2. The predicted molar refractivity (Wildman–Crippen MR) is 72.9 cm³/mol. The van der Waals surface area contributed by atoms with E-state index in [0.717, 1.165) is 16.0 Å². The lowest BCUT2D eigenvalue weighted by Gasteiger charge is -2.08. The Morgan fingerprint density at radius 1 is 1.32 bits per heavy atom. The van der Waals surface area contributed by atoms with Crippen LogP contribution in [0, 0.1) is 6.92 Å². The van der Waals surface area contributed by atoms with Crippen LogP contribution in [0.3, 0.4) is 0 Å². The molecule has 1 aromatic heterocycles. The highest BCUT2D eigenvalue weighted by molar-refractivity contribution is 8.14. The van der Waals surface area contributed by atoms with Gasteiger partial charge in [-0.15, -0.1) is 0 Å². The number of thioether (sulfide) groups is 1. The van der Waals surface area contributed by atoms with E-state index < -0.39 is 0 Å². The molecule has 1 aliphatic rings. The Bertz CT molecular complexity index is 676. The van der Waals surface area contributed by atoms with E-state index in [-0.39, 0.29) is 5.12 Å². The Morgan fingerprint density at radius 2 is 2.16 bits per heavy atom. The smallest absolute Gasteiger partial charge is 0.223 e. The Labute approximate surface area is 119 Å². The van der Waals surface area contributed by atoms with E-state index in [1.807, 2.05) is 19.1 Å². The van der Waals surface area contributed by atoms with Crippen LogP contribution in [0.5, 0.6) is 11.6 Å². The van der Waals surface area contributed by atoms with Crippen LogP contribution in [-0.2, 0) is 11.2 Å². The summed E-state index contributed by atoms with van der Waals surface area (Å²) >= 11 is 7.03. The lowest BCUT2D eigenvalue weighted by atomic mass is 10.1. The van der Waals surface area contributed by atoms with E-state index in [1.54, 1.807) is 6.07 Å². The first-order chi connectivity index (χ1) is 9.11. The second-order valence-electron chi connectivity index (χ2n) is 4.15. The molecule has 1 aliphatic heterocycles. The molecule has 0 fully saturated rings. The number of aromatic nitrogens is 2. The van der Waals surface area contributed by atoms with Crippen molar-refractivity contribution in [3.63, 3.8) is 0 Å². The summed E-state index contributed by atoms with van der Waals surface area (Å²) in [4.78, 5) is 20.2. The van der Waals surface area contributed by atoms with E-state index >= 15 is 0 Å². The van der Waals surface area contributed by atoms with Crippen molar-refractivity contribution in [3.05, 3.63) is 40.8 Å². The van der Waals surface area contributed by atoms with Crippen LogP contribution in [0.2, 0.25) is 5.15 Å². The number of rotatable bonds is 2. The van der Waals surface area contributed by atoms with Crippen LogP contribution >= 0.6 is 23.4 Å². The van der Waals surface area contributed by atoms with E-state index in [0.29, 0.717) is 23.2 Å². The number of ether oxygens (including phenoxy) is 1. The molecule has 0 unspecified atom stereocenters. The number of benzene rings is 1. The standard InChI is InChI=1S/C13H9ClN2O2S/c1-7-2-8(3-10-9(7)4-13(17)19-10)18-12-5-11(14)15-6-16-12/h2-3,5-6H,4H2,1H3. The van der Waals surface area contributed by atoms with E-state index in [9.17, 15) is 4.79 Å². The van der Waals surface area contributed by atoms with Crippen LogP contribution in [0.25, 0.3) is 0 Å². The Morgan fingerprint density at radius 3 is 2.95 bits per heavy atom. The fourth-order valence-electron chi connectivity index (χ4n) is 1.93. The molecule has 1 aromatic carbocycles. The molecule has 4 nitrogen and oxygen atoms in total. The van der Waals surface area contributed by atoms with Crippen molar-refractivity contribution < 1.29 is 9.53 Å². The maximum Gasteiger partial charge on any atom is 0.223 e. The molecule has 0 N–H and O–H groups in total. The van der Waals surface area contributed by atoms with Gasteiger partial charge in [-0.25, -0.2) is 9.97 Å². The van der Waals surface area contributed by atoms with Crippen molar-refractivity contribution in [2.75, 3.05) is 0 Å². The first-order valence-corrected chi connectivity index (χ1v) is 6.81. The van der Waals surface area contributed by atoms with Gasteiger partial charge in [0.1, 0.15) is 17.2 Å². The topological polar surface area (TPSA) is 52.1 Å². The molecule has 0 atom stereocenters. The van der Waals surface area contributed by atoms with Crippen LogP contribution < -0.4 is 4.74 Å². The molecule has 0 radical (unpaired) electrons. The van der Waals surface area contributed by atoms with Crippen molar-refractivity contribution in [3.8, 4) is 11.6 Å². The summed E-state index contributed by atoms with van der Waals surface area (Å²) in [5.74, 6) is 1.03. The Kier molecular flexibility index (Phi) is 3.16. The van der Waals surface area contributed by atoms with E-state index in [4.69, 9.17) is 16.3 Å². The number of fused-ring (bicyclic) bond motifs is 1. The number of carbonyl (C=O) groups excluding carboxylic acids is 1. The summed E-state index contributed by atoms with van der Waals surface area (Å²) in [7, 11) is 0. The number of halogens is 1. The minimum Gasteiger partial charge on any atom is -0.439 e. The second-order valence-corrected chi connectivity index (χ2v) is 5.64. The second kappa shape index (κ2) is 4.83. The maximum absolute atomic E-state index is 11.5. The third kappa shape index (κ3) is 2.57. The normalized spacial score (nSPS) is 13.5. The lowest BCUT2D eigenvalue weighted by molar-refractivity contribution is -0.110. The van der Waals surface area contributed by atoms with Crippen LogP contribution in [0.15, 0.2) is 29.4 Å². The molecule has 0 aliphatic carbocycles. The molecular formula is C13H9ClN2O2S. The highest BCUT2D eigenvalue weighted by Crippen LogP contribution is 2.38. The first kappa shape index (κ1) is 12.4. The fourth-order valence-corrected chi connectivity index (χ4v) is 3.06. The zero-order valence-corrected chi connectivity index (χ0v) is 11.6. The van der Waals surface area contributed by atoms with Crippen molar-refractivity contribution in [1.82, 2.24) is 9.97 Å². The summed E-state index contributed by atoms with van der Waals surface area (Å²) in [6, 6.07) is 5.30. The predicted octanol–water partition coefficient (Wildman–Crippen LogP) is 3.41. The monoisotopic (exact) mass is 292 g/mol. The quantitative estimate of drug-likeness (QED) is 0.794. The largest absolute Gasteiger partial charge is 0.439 e.